The van der Waals surface area contributed by atoms with E-state index < -0.39 is 0 Å². The van der Waals surface area contributed by atoms with Gasteiger partial charge in [-0.1, -0.05) is 0 Å². The zero-order valence-corrected chi connectivity index (χ0v) is 26.0. The normalized spacial score (nSPS) is 10.9. The highest BCUT2D eigenvalue weighted by molar-refractivity contribution is 6.05. The van der Waals surface area contributed by atoms with Gasteiger partial charge in [0.2, 0.25) is 5.43 Å². The molecule has 10 heteroatoms. The molecule has 0 aliphatic heterocycles. The van der Waals surface area contributed by atoms with Gasteiger partial charge in [0.15, 0.2) is 0 Å². The fraction of sp³-hybridized carbons (Fsp3) is 0. The van der Waals surface area contributed by atoms with Gasteiger partial charge in [0, 0.05) is 56.6 Å². The van der Waals surface area contributed by atoms with E-state index in [2.05, 4.69) is 21.3 Å². The molecular weight excluding hydrogens is 616 g/mol. The smallest absolute Gasteiger partial charge is 0.255 e. The van der Waals surface area contributed by atoms with E-state index in [0.717, 1.165) is 11.4 Å². The Balaban J connectivity index is 1.05. The highest BCUT2D eigenvalue weighted by atomic mass is 16.3. The summed E-state index contributed by atoms with van der Waals surface area (Å²) in [7, 11) is 0. The van der Waals surface area contributed by atoms with Crippen LogP contribution in [-0.4, -0.2) is 11.8 Å². The summed E-state index contributed by atoms with van der Waals surface area (Å²) in [5.74, 6) is -0.481. The number of amides is 2. The number of rotatable bonds is 8. The van der Waals surface area contributed by atoms with Gasteiger partial charge in [-0.2, -0.15) is 0 Å². The molecule has 0 saturated heterocycles. The summed E-state index contributed by atoms with van der Waals surface area (Å²) in [6.45, 7) is 0. The fourth-order valence-corrected chi connectivity index (χ4v) is 5.29. The Morgan fingerprint density at radius 2 is 0.796 bits per heavy atom. The van der Waals surface area contributed by atoms with Crippen LogP contribution in [-0.2, 0) is 0 Å². The summed E-state index contributed by atoms with van der Waals surface area (Å²) in [4.78, 5) is 39.0. The Morgan fingerprint density at radius 1 is 0.449 bits per heavy atom. The molecule has 0 radical (unpaired) electrons. The molecule has 8 N–H and O–H groups in total. The SMILES string of the molecule is Nc1ccc(NC(=O)c2ccc(Nc3ccc4oc5ccc(Nc6ccc(C(=O)Nc7ccc(N)cc7)cc6)cc5c(=O)c4c3)cc2)cc1. The summed E-state index contributed by atoms with van der Waals surface area (Å²) in [6.07, 6.45) is 0. The standard InChI is InChI=1S/C39H30N6O4/c40-25-5-13-29(14-6-25)44-38(47)23-1-9-27(10-2-23)42-31-17-19-35-33(21-31)37(46)34-22-32(18-20-36(34)49-35)43-28-11-3-24(4-12-28)39(48)45-30-15-7-26(41)8-16-30/h1-22,42-43H,40-41H2,(H,44,47)(H,45,48). The fourth-order valence-electron chi connectivity index (χ4n) is 5.29. The third-order valence-electron chi connectivity index (χ3n) is 7.88. The van der Waals surface area contributed by atoms with Gasteiger partial charge in [0.25, 0.3) is 11.8 Å². The molecule has 7 rings (SSSR count). The minimum Gasteiger partial charge on any atom is -0.456 e. The number of nitrogen functional groups attached to an aromatic ring is 2. The van der Waals surface area contributed by atoms with Gasteiger partial charge < -0.3 is 37.2 Å². The maximum atomic E-state index is 13.7. The molecule has 0 atom stereocenters. The van der Waals surface area contributed by atoms with Crippen molar-refractivity contribution in [3.8, 4) is 0 Å². The zero-order chi connectivity index (χ0) is 33.9. The average Bonchev–Trinajstić information content (AvgIpc) is 3.11. The van der Waals surface area contributed by atoms with Crippen molar-refractivity contribution in [3.63, 3.8) is 0 Å². The van der Waals surface area contributed by atoms with Gasteiger partial charge >= 0.3 is 0 Å². The zero-order valence-electron chi connectivity index (χ0n) is 26.0. The highest BCUT2D eigenvalue weighted by Crippen LogP contribution is 2.27. The maximum absolute atomic E-state index is 13.7. The van der Waals surface area contributed by atoms with Gasteiger partial charge in [0.05, 0.1) is 10.8 Å². The maximum Gasteiger partial charge on any atom is 0.255 e. The van der Waals surface area contributed by atoms with E-state index in [-0.39, 0.29) is 17.2 Å². The van der Waals surface area contributed by atoms with E-state index in [1.807, 2.05) is 12.1 Å². The minimum absolute atomic E-state index is 0.173. The monoisotopic (exact) mass is 646 g/mol. The molecule has 0 bridgehead atoms. The number of benzene rings is 6. The summed E-state index contributed by atoms with van der Waals surface area (Å²) < 4.78 is 6.07. The summed E-state index contributed by atoms with van der Waals surface area (Å²) in [5, 5.41) is 13.1. The predicted molar refractivity (Wildman–Crippen MR) is 197 cm³/mol. The number of nitrogens with two attached hydrogens (primary N) is 2. The van der Waals surface area contributed by atoms with Crippen molar-refractivity contribution >= 4 is 79.3 Å². The van der Waals surface area contributed by atoms with Crippen LogP contribution in [0.15, 0.2) is 143 Å². The van der Waals surface area contributed by atoms with E-state index >= 15 is 0 Å². The van der Waals surface area contributed by atoms with Crippen molar-refractivity contribution in [2.75, 3.05) is 32.7 Å². The van der Waals surface area contributed by atoms with E-state index in [1.165, 1.54) is 0 Å². The lowest BCUT2D eigenvalue weighted by molar-refractivity contribution is 0.101. The lowest BCUT2D eigenvalue weighted by atomic mass is 10.1. The molecule has 240 valence electrons. The number of hydrogen-bond acceptors (Lipinski definition) is 8. The molecular formula is C39H30N6O4. The number of hydrogen-bond donors (Lipinski definition) is 6. The topological polar surface area (TPSA) is 165 Å². The van der Waals surface area contributed by atoms with Crippen molar-refractivity contribution in [1.82, 2.24) is 0 Å². The third-order valence-corrected chi connectivity index (χ3v) is 7.88. The number of nitrogens with one attached hydrogen (secondary N) is 4. The quantitative estimate of drug-likeness (QED) is 0.0712. The van der Waals surface area contributed by atoms with Gasteiger partial charge in [0.1, 0.15) is 11.2 Å². The molecule has 0 unspecified atom stereocenters. The van der Waals surface area contributed by atoms with Gasteiger partial charge in [-0.25, -0.2) is 0 Å². The minimum atomic E-state index is -0.241. The molecule has 1 aromatic heterocycles. The molecule has 10 nitrogen and oxygen atoms in total. The molecule has 6 aromatic carbocycles. The van der Waals surface area contributed by atoms with Crippen LogP contribution < -0.4 is 38.2 Å². The second kappa shape index (κ2) is 13.0. The predicted octanol–water partition coefficient (Wildman–Crippen LogP) is 8.10. The van der Waals surface area contributed by atoms with Crippen LogP contribution in [0.3, 0.4) is 0 Å². The number of fused-ring (bicyclic) bond motifs is 2. The van der Waals surface area contributed by atoms with Crippen molar-refractivity contribution in [1.29, 1.82) is 0 Å². The first-order chi connectivity index (χ1) is 23.8. The summed E-state index contributed by atoms with van der Waals surface area (Å²) in [5.41, 5.74) is 18.6. The van der Waals surface area contributed by atoms with E-state index in [9.17, 15) is 14.4 Å². The number of anilines is 8. The van der Waals surface area contributed by atoms with Crippen LogP contribution in [0.25, 0.3) is 21.9 Å². The molecule has 2 amide bonds. The van der Waals surface area contributed by atoms with Crippen molar-refractivity contribution in [3.05, 3.63) is 155 Å². The van der Waals surface area contributed by atoms with Crippen LogP contribution >= 0.6 is 0 Å². The number of carbonyl (C=O) groups excluding carboxylic acids is 2. The molecule has 0 fully saturated rings. The summed E-state index contributed by atoms with van der Waals surface area (Å²) >= 11 is 0. The Kier molecular flexibility index (Phi) is 8.09. The second-order valence-corrected chi connectivity index (χ2v) is 11.4. The Labute approximate surface area is 280 Å². The van der Waals surface area contributed by atoms with Crippen molar-refractivity contribution in [2.24, 2.45) is 0 Å². The molecule has 0 saturated carbocycles. The average molecular weight is 647 g/mol. The van der Waals surface area contributed by atoms with Gasteiger partial charge in [-0.05, 0) is 133 Å². The number of carbonyl (C=O) groups is 2. The van der Waals surface area contributed by atoms with Crippen LogP contribution in [0.1, 0.15) is 20.7 Å². The van der Waals surface area contributed by atoms with E-state index in [0.29, 0.717) is 67.2 Å². The lowest BCUT2D eigenvalue weighted by Gasteiger charge is -2.11. The molecule has 49 heavy (non-hydrogen) atoms. The first-order valence-electron chi connectivity index (χ1n) is 15.4. The first-order valence-corrected chi connectivity index (χ1v) is 15.4. The highest BCUT2D eigenvalue weighted by Gasteiger charge is 2.12. The molecule has 1 heterocycles. The van der Waals surface area contributed by atoms with Crippen LogP contribution in [0.5, 0.6) is 0 Å². The largest absolute Gasteiger partial charge is 0.456 e. The Morgan fingerprint density at radius 3 is 1.18 bits per heavy atom. The van der Waals surface area contributed by atoms with Crippen LogP contribution in [0.2, 0.25) is 0 Å². The molecule has 0 spiro atoms. The van der Waals surface area contributed by atoms with Crippen molar-refractivity contribution in [2.45, 2.75) is 0 Å². The van der Waals surface area contributed by atoms with E-state index in [4.69, 9.17) is 15.9 Å². The van der Waals surface area contributed by atoms with Gasteiger partial charge in [-0.3, -0.25) is 14.4 Å². The van der Waals surface area contributed by atoms with Gasteiger partial charge in [-0.15, -0.1) is 0 Å². The summed E-state index contributed by atoms with van der Waals surface area (Å²) in [6, 6.07) is 38.6. The third kappa shape index (κ3) is 6.88. The molecule has 7 aromatic rings. The first kappa shape index (κ1) is 30.6. The second-order valence-electron chi connectivity index (χ2n) is 11.4. The lowest BCUT2D eigenvalue weighted by Crippen LogP contribution is -2.11. The van der Waals surface area contributed by atoms with Crippen LogP contribution in [0.4, 0.5) is 45.5 Å². The Hall–Kier alpha value is -7.07. The van der Waals surface area contributed by atoms with Crippen LogP contribution in [0, 0.1) is 0 Å². The Bertz CT molecular complexity index is 2220. The molecule has 0 aliphatic rings. The van der Waals surface area contributed by atoms with E-state index in [1.54, 1.807) is 121 Å². The molecule has 0 aliphatic carbocycles. The van der Waals surface area contributed by atoms with Crippen molar-refractivity contribution < 1.29 is 14.0 Å².